The van der Waals surface area contributed by atoms with Crippen molar-refractivity contribution in [2.45, 2.75) is 6.18 Å². The molecule has 0 aromatic carbocycles. The van der Waals surface area contributed by atoms with Crippen LogP contribution in [-0.4, -0.2) is 25.1 Å². The van der Waals surface area contributed by atoms with Crippen LogP contribution in [0, 0.1) is 0 Å². The Kier molecular flexibility index (Phi) is 4.55. The summed E-state index contributed by atoms with van der Waals surface area (Å²) in [6, 6.07) is 1.01. The highest BCUT2D eigenvalue weighted by molar-refractivity contribution is 9.10. The molecular formula is C9H11BrF3N3. The molecule has 1 heterocycles. The van der Waals surface area contributed by atoms with E-state index in [1.165, 1.54) is 6.20 Å². The van der Waals surface area contributed by atoms with Crippen LogP contribution >= 0.6 is 15.9 Å². The van der Waals surface area contributed by atoms with Crippen LogP contribution < -0.4 is 10.6 Å². The molecule has 0 saturated carbocycles. The third-order valence-corrected chi connectivity index (χ3v) is 2.26. The lowest BCUT2D eigenvalue weighted by atomic mass is 10.2. The van der Waals surface area contributed by atoms with Crippen LogP contribution in [0.15, 0.2) is 16.7 Å². The number of rotatable bonds is 4. The number of nitrogens with zero attached hydrogens (tertiary/aromatic N) is 1. The maximum Gasteiger partial charge on any atom is 0.419 e. The molecule has 1 aromatic heterocycles. The summed E-state index contributed by atoms with van der Waals surface area (Å²) >= 11 is 2.97. The minimum absolute atomic E-state index is 0.147. The average Bonchev–Trinajstić information content (AvgIpc) is 2.19. The van der Waals surface area contributed by atoms with Crippen molar-refractivity contribution in [1.82, 2.24) is 10.3 Å². The van der Waals surface area contributed by atoms with Gasteiger partial charge >= 0.3 is 6.18 Å². The van der Waals surface area contributed by atoms with Crippen LogP contribution in [0.3, 0.4) is 0 Å². The Morgan fingerprint density at radius 1 is 1.38 bits per heavy atom. The van der Waals surface area contributed by atoms with Crippen molar-refractivity contribution in [3.63, 3.8) is 0 Å². The van der Waals surface area contributed by atoms with Gasteiger partial charge in [0.05, 0.1) is 5.56 Å². The second kappa shape index (κ2) is 5.49. The van der Waals surface area contributed by atoms with E-state index in [1.54, 1.807) is 7.05 Å². The van der Waals surface area contributed by atoms with Gasteiger partial charge in [0.2, 0.25) is 0 Å². The van der Waals surface area contributed by atoms with Crippen LogP contribution in [0.2, 0.25) is 0 Å². The first-order valence-corrected chi connectivity index (χ1v) is 5.35. The van der Waals surface area contributed by atoms with Crippen LogP contribution in [0.25, 0.3) is 0 Å². The molecule has 90 valence electrons. The topological polar surface area (TPSA) is 37.0 Å². The summed E-state index contributed by atoms with van der Waals surface area (Å²) < 4.78 is 38.2. The van der Waals surface area contributed by atoms with E-state index >= 15 is 0 Å². The molecule has 0 atom stereocenters. The molecule has 1 aromatic rings. The van der Waals surface area contributed by atoms with Crippen molar-refractivity contribution in [2.24, 2.45) is 0 Å². The van der Waals surface area contributed by atoms with Gasteiger partial charge in [0.25, 0.3) is 0 Å². The SMILES string of the molecule is CNCCNc1ncc(Br)cc1C(F)(F)F. The van der Waals surface area contributed by atoms with Gasteiger partial charge in [-0.2, -0.15) is 13.2 Å². The van der Waals surface area contributed by atoms with E-state index in [0.29, 0.717) is 17.6 Å². The molecule has 0 unspecified atom stereocenters. The molecule has 0 spiro atoms. The standard InChI is InChI=1S/C9H11BrF3N3/c1-14-2-3-15-8-7(9(11,12)13)4-6(10)5-16-8/h4-5,14H,2-3H2,1H3,(H,15,16). The number of aromatic nitrogens is 1. The van der Waals surface area contributed by atoms with Gasteiger partial charge in [0.1, 0.15) is 5.82 Å². The first kappa shape index (κ1) is 13.2. The lowest BCUT2D eigenvalue weighted by Gasteiger charge is -2.13. The van der Waals surface area contributed by atoms with E-state index < -0.39 is 11.7 Å². The van der Waals surface area contributed by atoms with Gasteiger partial charge in [0.15, 0.2) is 0 Å². The normalized spacial score (nSPS) is 11.6. The largest absolute Gasteiger partial charge is 0.419 e. The lowest BCUT2D eigenvalue weighted by molar-refractivity contribution is -0.137. The van der Waals surface area contributed by atoms with Gasteiger partial charge in [-0.15, -0.1) is 0 Å². The number of alkyl halides is 3. The van der Waals surface area contributed by atoms with Crippen LogP contribution in [-0.2, 0) is 6.18 Å². The molecule has 0 aliphatic carbocycles. The Hall–Kier alpha value is -0.820. The molecule has 0 fully saturated rings. The van der Waals surface area contributed by atoms with E-state index in [0.717, 1.165) is 6.07 Å². The second-order valence-corrected chi connectivity index (χ2v) is 3.99. The summed E-state index contributed by atoms with van der Waals surface area (Å²) in [5.74, 6) is -0.147. The van der Waals surface area contributed by atoms with Gasteiger partial charge in [-0.3, -0.25) is 0 Å². The molecule has 2 N–H and O–H groups in total. The van der Waals surface area contributed by atoms with Crippen molar-refractivity contribution in [3.05, 3.63) is 22.3 Å². The van der Waals surface area contributed by atoms with Gasteiger partial charge in [-0.1, -0.05) is 0 Å². The van der Waals surface area contributed by atoms with Crippen molar-refractivity contribution < 1.29 is 13.2 Å². The molecule has 0 radical (unpaired) electrons. The Bertz CT molecular complexity index is 354. The molecule has 0 saturated heterocycles. The van der Waals surface area contributed by atoms with E-state index in [-0.39, 0.29) is 5.82 Å². The molecule has 1 rings (SSSR count). The number of likely N-dealkylation sites (N-methyl/N-ethyl adjacent to an activating group) is 1. The van der Waals surface area contributed by atoms with Crippen LogP contribution in [0.5, 0.6) is 0 Å². The number of nitrogens with one attached hydrogen (secondary N) is 2. The molecule has 3 nitrogen and oxygen atoms in total. The maximum atomic E-state index is 12.6. The van der Waals surface area contributed by atoms with Crippen molar-refractivity contribution in [1.29, 1.82) is 0 Å². The lowest BCUT2D eigenvalue weighted by Crippen LogP contribution is -2.20. The summed E-state index contributed by atoms with van der Waals surface area (Å²) in [6.45, 7) is 0.948. The summed E-state index contributed by atoms with van der Waals surface area (Å²) in [7, 11) is 1.72. The zero-order valence-electron chi connectivity index (χ0n) is 8.53. The predicted octanol–water partition coefficient (Wildman–Crippen LogP) is 2.49. The number of pyridine rings is 1. The smallest absolute Gasteiger partial charge is 0.368 e. The fourth-order valence-electron chi connectivity index (χ4n) is 1.10. The Morgan fingerprint density at radius 3 is 2.62 bits per heavy atom. The van der Waals surface area contributed by atoms with Crippen LogP contribution in [0.1, 0.15) is 5.56 Å². The molecule has 0 aliphatic heterocycles. The fraction of sp³-hybridized carbons (Fsp3) is 0.444. The van der Waals surface area contributed by atoms with Crippen molar-refractivity contribution in [2.75, 3.05) is 25.5 Å². The summed E-state index contributed by atoms with van der Waals surface area (Å²) in [5, 5.41) is 5.46. The van der Waals surface area contributed by atoms with Crippen molar-refractivity contribution >= 4 is 21.7 Å². The Labute approximate surface area is 99.6 Å². The number of hydrogen-bond donors (Lipinski definition) is 2. The quantitative estimate of drug-likeness (QED) is 0.839. The molecule has 0 aliphatic rings. The molecule has 16 heavy (non-hydrogen) atoms. The highest BCUT2D eigenvalue weighted by Gasteiger charge is 2.34. The van der Waals surface area contributed by atoms with Gasteiger partial charge in [0, 0.05) is 23.8 Å². The highest BCUT2D eigenvalue weighted by Crippen LogP contribution is 2.35. The van der Waals surface area contributed by atoms with Crippen molar-refractivity contribution in [3.8, 4) is 0 Å². The Balaban J connectivity index is 2.90. The Morgan fingerprint density at radius 2 is 2.06 bits per heavy atom. The summed E-state index contributed by atoms with van der Waals surface area (Å²) in [6.07, 6.45) is -3.07. The first-order valence-electron chi connectivity index (χ1n) is 4.56. The van der Waals surface area contributed by atoms with Gasteiger partial charge in [-0.05, 0) is 29.0 Å². The predicted molar refractivity (Wildman–Crippen MR) is 59.4 cm³/mol. The minimum Gasteiger partial charge on any atom is -0.368 e. The number of anilines is 1. The second-order valence-electron chi connectivity index (χ2n) is 3.08. The van der Waals surface area contributed by atoms with E-state index in [4.69, 9.17) is 0 Å². The zero-order valence-corrected chi connectivity index (χ0v) is 10.1. The molecular weight excluding hydrogens is 287 g/mol. The van der Waals surface area contributed by atoms with E-state index in [9.17, 15) is 13.2 Å². The highest BCUT2D eigenvalue weighted by atomic mass is 79.9. The monoisotopic (exact) mass is 297 g/mol. The summed E-state index contributed by atoms with van der Waals surface area (Å²) in [5.41, 5.74) is -0.766. The third kappa shape index (κ3) is 3.64. The average molecular weight is 298 g/mol. The minimum atomic E-state index is -4.40. The van der Waals surface area contributed by atoms with E-state index in [1.807, 2.05) is 0 Å². The fourth-order valence-corrected chi connectivity index (χ4v) is 1.43. The van der Waals surface area contributed by atoms with Crippen LogP contribution in [0.4, 0.5) is 19.0 Å². The number of hydrogen-bond acceptors (Lipinski definition) is 3. The zero-order chi connectivity index (χ0) is 12.2. The third-order valence-electron chi connectivity index (χ3n) is 1.83. The van der Waals surface area contributed by atoms with E-state index in [2.05, 4.69) is 31.5 Å². The molecule has 7 heteroatoms. The summed E-state index contributed by atoms with van der Waals surface area (Å²) in [4.78, 5) is 3.71. The first-order chi connectivity index (χ1) is 7.45. The maximum absolute atomic E-state index is 12.6. The molecule has 0 amide bonds. The molecule has 0 bridgehead atoms. The van der Waals surface area contributed by atoms with Gasteiger partial charge in [-0.25, -0.2) is 4.98 Å². The van der Waals surface area contributed by atoms with Gasteiger partial charge < -0.3 is 10.6 Å². The number of halogens is 4.